The Hall–Kier alpha value is -2.19. The van der Waals surface area contributed by atoms with Crippen molar-refractivity contribution in [3.8, 4) is 5.75 Å². The minimum atomic E-state index is -0.516. The van der Waals surface area contributed by atoms with Gasteiger partial charge in [0.05, 0.1) is 24.7 Å². The lowest BCUT2D eigenvalue weighted by Gasteiger charge is -2.48. The van der Waals surface area contributed by atoms with Crippen molar-refractivity contribution in [3.05, 3.63) is 33.9 Å². The van der Waals surface area contributed by atoms with Crippen molar-refractivity contribution in [2.45, 2.75) is 44.6 Å². The van der Waals surface area contributed by atoms with Gasteiger partial charge in [-0.2, -0.15) is 0 Å². The molecular formula is C20H29N3O5. The van der Waals surface area contributed by atoms with Gasteiger partial charge in [0.2, 0.25) is 0 Å². The minimum Gasteiger partial charge on any atom is -0.487 e. The summed E-state index contributed by atoms with van der Waals surface area (Å²) in [5.41, 5.74) is 0.0488. The summed E-state index contributed by atoms with van der Waals surface area (Å²) < 4.78 is 10.8. The van der Waals surface area contributed by atoms with Crippen LogP contribution in [0.25, 0.3) is 0 Å². The number of morpholine rings is 1. The number of ether oxygens (including phenoxy) is 2. The number of hydrogen-bond acceptors (Lipinski definition) is 6. The summed E-state index contributed by atoms with van der Waals surface area (Å²) in [5.74, 6) is -0.106. The average molecular weight is 391 g/mol. The Balaban J connectivity index is 1.72. The van der Waals surface area contributed by atoms with Gasteiger partial charge in [-0.15, -0.1) is 0 Å². The Labute approximate surface area is 165 Å². The third kappa shape index (κ3) is 4.62. The maximum absolute atomic E-state index is 12.7. The molecule has 1 aliphatic heterocycles. The molecule has 1 N–H and O–H groups in total. The number of nitrogens with one attached hydrogen (secondary N) is 1. The van der Waals surface area contributed by atoms with Crippen LogP contribution in [0.4, 0.5) is 5.69 Å². The molecule has 154 valence electrons. The zero-order chi connectivity index (χ0) is 20.0. The van der Waals surface area contributed by atoms with E-state index in [0.717, 1.165) is 52.0 Å². The van der Waals surface area contributed by atoms with E-state index in [9.17, 15) is 14.9 Å². The van der Waals surface area contributed by atoms with Gasteiger partial charge < -0.3 is 14.8 Å². The van der Waals surface area contributed by atoms with Gasteiger partial charge in [-0.05, 0) is 31.9 Å². The Morgan fingerprint density at radius 3 is 2.64 bits per heavy atom. The van der Waals surface area contributed by atoms with Crippen molar-refractivity contribution in [2.24, 2.45) is 0 Å². The fourth-order valence-electron chi connectivity index (χ4n) is 4.28. The molecule has 28 heavy (non-hydrogen) atoms. The second-order valence-corrected chi connectivity index (χ2v) is 7.44. The summed E-state index contributed by atoms with van der Waals surface area (Å²) in [6.45, 7) is 5.84. The van der Waals surface area contributed by atoms with Crippen LogP contribution < -0.4 is 10.1 Å². The van der Waals surface area contributed by atoms with Crippen LogP contribution in [0.15, 0.2) is 18.2 Å². The number of carbonyl (C=O) groups is 1. The molecule has 1 aromatic rings. The maximum atomic E-state index is 12.7. The Kier molecular flexibility index (Phi) is 6.85. The van der Waals surface area contributed by atoms with E-state index in [1.54, 1.807) is 13.0 Å². The summed E-state index contributed by atoms with van der Waals surface area (Å²) in [5, 5.41) is 14.3. The van der Waals surface area contributed by atoms with E-state index < -0.39 is 4.92 Å². The molecule has 0 spiro atoms. The monoisotopic (exact) mass is 391 g/mol. The van der Waals surface area contributed by atoms with Crippen LogP contribution in [-0.4, -0.2) is 60.7 Å². The molecule has 1 saturated carbocycles. The first-order valence-electron chi connectivity index (χ1n) is 10.1. The molecule has 0 unspecified atom stereocenters. The molecule has 0 bridgehead atoms. The molecule has 2 fully saturated rings. The quantitative estimate of drug-likeness (QED) is 0.567. The van der Waals surface area contributed by atoms with Gasteiger partial charge in [0.15, 0.2) is 5.75 Å². The fraction of sp³-hybridized carbons (Fsp3) is 0.650. The summed E-state index contributed by atoms with van der Waals surface area (Å²) in [7, 11) is 0. The van der Waals surface area contributed by atoms with Crippen molar-refractivity contribution < 1.29 is 19.2 Å². The van der Waals surface area contributed by atoms with Gasteiger partial charge in [-0.3, -0.25) is 19.8 Å². The Morgan fingerprint density at radius 1 is 1.29 bits per heavy atom. The zero-order valence-corrected chi connectivity index (χ0v) is 16.4. The van der Waals surface area contributed by atoms with Crippen LogP contribution in [0.5, 0.6) is 5.75 Å². The summed E-state index contributed by atoms with van der Waals surface area (Å²) in [6, 6.07) is 4.37. The Morgan fingerprint density at radius 2 is 2.00 bits per heavy atom. The predicted molar refractivity (Wildman–Crippen MR) is 105 cm³/mol. The highest BCUT2D eigenvalue weighted by molar-refractivity contribution is 5.95. The van der Waals surface area contributed by atoms with Crippen molar-refractivity contribution in [3.63, 3.8) is 0 Å². The topological polar surface area (TPSA) is 93.9 Å². The van der Waals surface area contributed by atoms with E-state index in [-0.39, 0.29) is 28.4 Å². The first kappa shape index (κ1) is 20.5. The molecule has 8 heteroatoms. The van der Waals surface area contributed by atoms with E-state index in [1.807, 2.05) is 0 Å². The van der Waals surface area contributed by atoms with E-state index in [2.05, 4.69) is 10.2 Å². The smallest absolute Gasteiger partial charge is 0.311 e. The fourth-order valence-corrected chi connectivity index (χ4v) is 4.28. The summed E-state index contributed by atoms with van der Waals surface area (Å²) in [4.78, 5) is 26.0. The third-order valence-corrected chi connectivity index (χ3v) is 5.76. The number of nitro groups is 1. The predicted octanol–water partition coefficient (Wildman–Crippen LogP) is 2.76. The van der Waals surface area contributed by atoms with Crippen LogP contribution in [0.2, 0.25) is 0 Å². The number of benzene rings is 1. The van der Waals surface area contributed by atoms with Crippen molar-refractivity contribution in [1.82, 2.24) is 10.2 Å². The van der Waals surface area contributed by atoms with E-state index in [0.29, 0.717) is 13.2 Å². The molecule has 1 amide bonds. The number of hydrogen-bond donors (Lipinski definition) is 1. The lowest BCUT2D eigenvalue weighted by Crippen LogP contribution is -2.59. The molecule has 8 nitrogen and oxygen atoms in total. The molecule has 3 rings (SSSR count). The van der Waals surface area contributed by atoms with Gasteiger partial charge in [-0.25, -0.2) is 0 Å². The molecule has 0 radical (unpaired) electrons. The van der Waals surface area contributed by atoms with E-state index >= 15 is 0 Å². The van der Waals surface area contributed by atoms with Gasteiger partial charge >= 0.3 is 5.69 Å². The molecule has 1 aliphatic carbocycles. The van der Waals surface area contributed by atoms with E-state index in [4.69, 9.17) is 9.47 Å². The number of carbonyl (C=O) groups excluding carboxylic acids is 1. The molecule has 1 aromatic carbocycles. The van der Waals surface area contributed by atoms with Gasteiger partial charge in [0.1, 0.15) is 0 Å². The molecule has 1 saturated heterocycles. The molecule has 2 aliphatic rings. The van der Waals surface area contributed by atoms with Gasteiger partial charge in [0, 0.05) is 36.8 Å². The highest BCUT2D eigenvalue weighted by atomic mass is 16.6. The standard InChI is InChI=1S/C20H29N3O5/c1-2-28-18-7-6-16(14-17(18)23(25)26)19(24)21-15-20(8-4-3-5-9-20)22-10-12-27-13-11-22/h6-7,14H,2-5,8-13,15H2,1H3,(H,21,24). The SMILES string of the molecule is CCOc1ccc(C(=O)NCC2(N3CCOCC3)CCCCC2)cc1[N+](=O)[O-]. The van der Waals surface area contributed by atoms with Crippen LogP contribution in [-0.2, 0) is 4.74 Å². The largest absolute Gasteiger partial charge is 0.487 e. The highest BCUT2D eigenvalue weighted by Crippen LogP contribution is 2.34. The molecule has 0 aromatic heterocycles. The Bertz CT molecular complexity index is 697. The number of nitro benzene ring substituents is 1. The summed E-state index contributed by atoms with van der Waals surface area (Å²) >= 11 is 0. The van der Waals surface area contributed by atoms with Crippen LogP contribution in [0.1, 0.15) is 49.4 Å². The summed E-state index contributed by atoms with van der Waals surface area (Å²) in [6.07, 6.45) is 5.64. The van der Waals surface area contributed by atoms with Crippen molar-refractivity contribution >= 4 is 11.6 Å². The number of rotatable bonds is 7. The van der Waals surface area contributed by atoms with Gasteiger partial charge in [-0.1, -0.05) is 19.3 Å². The highest BCUT2D eigenvalue weighted by Gasteiger charge is 2.39. The second kappa shape index (κ2) is 9.34. The van der Waals surface area contributed by atoms with Crippen LogP contribution in [0.3, 0.4) is 0 Å². The minimum absolute atomic E-state index is 0.0467. The zero-order valence-electron chi connectivity index (χ0n) is 16.4. The maximum Gasteiger partial charge on any atom is 0.311 e. The van der Waals surface area contributed by atoms with Gasteiger partial charge in [0.25, 0.3) is 5.91 Å². The van der Waals surface area contributed by atoms with Crippen LogP contribution in [0, 0.1) is 10.1 Å². The van der Waals surface area contributed by atoms with E-state index in [1.165, 1.54) is 18.6 Å². The molecule has 0 atom stereocenters. The van der Waals surface area contributed by atoms with Crippen LogP contribution >= 0.6 is 0 Å². The molecule has 1 heterocycles. The number of amides is 1. The van der Waals surface area contributed by atoms with Crippen molar-refractivity contribution in [1.29, 1.82) is 0 Å². The normalized spacial score (nSPS) is 19.8. The van der Waals surface area contributed by atoms with Crippen molar-refractivity contribution in [2.75, 3.05) is 39.5 Å². The first-order chi connectivity index (χ1) is 13.6. The molecular weight excluding hydrogens is 362 g/mol. The third-order valence-electron chi connectivity index (χ3n) is 5.76. The second-order valence-electron chi connectivity index (χ2n) is 7.44. The lowest BCUT2D eigenvalue weighted by molar-refractivity contribution is -0.385. The first-order valence-corrected chi connectivity index (χ1v) is 10.1. The lowest BCUT2D eigenvalue weighted by atomic mass is 9.79. The average Bonchev–Trinajstić information content (AvgIpc) is 2.73. The number of nitrogens with zero attached hydrogens (tertiary/aromatic N) is 2.